The molecule has 8 N–H and O–H groups in total. The molecule has 13 nitrogen and oxygen atoms in total. The van der Waals surface area contributed by atoms with E-state index < -0.39 is 12.2 Å². The number of aromatic hydroxyl groups is 1. The van der Waals surface area contributed by atoms with Gasteiger partial charge < -0.3 is 41.6 Å². The Morgan fingerprint density at radius 2 is 1.60 bits per heavy atom. The molecule has 1 saturated carbocycles. The fourth-order valence-corrected chi connectivity index (χ4v) is 7.95. The lowest BCUT2D eigenvalue weighted by molar-refractivity contribution is -0.130. The fraction of sp³-hybridized carbons (Fsp3) is 0.362. The van der Waals surface area contributed by atoms with Gasteiger partial charge in [-0.15, -0.1) is 0 Å². The number of nitrogens with zero attached hydrogens (tertiary/aromatic N) is 2. The van der Waals surface area contributed by atoms with Crippen molar-refractivity contribution in [2.24, 2.45) is 5.73 Å². The van der Waals surface area contributed by atoms with E-state index in [1.807, 2.05) is 72.8 Å². The Labute approximate surface area is 350 Å². The minimum Gasteiger partial charge on any atom is -0.506 e. The number of nitrogens with two attached hydrogens (primary N) is 1. The summed E-state index contributed by atoms with van der Waals surface area (Å²) in [6, 6.07) is 29.2. The molecule has 0 bridgehead atoms. The number of aromatic nitrogens is 1. The maximum absolute atomic E-state index is 13.0. The van der Waals surface area contributed by atoms with Gasteiger partial charge in [-0.05, 0) is 104 Å². The van der Waals surface area contributed by atoms with E-state index >= 15 is 0 Å². The molecule has 5 aromatic rings. The zero-order valence-corrected chi connectivity index (χ0v) is 34.1. The van der Waals surface area contributed by atoms with Crippen molar-refractivity contribution in [3.05, 3.63) is 124 Å². The molecule has 1 aliphatic rings. The summed E-state index contributed by atoms with van der Waals surface area (Å²) in [6.45, 7) is 1.27. The Hall–Kier alpha value is -6.02. The van der Waals surface area contributed by atoms with E-state index in [4.69, 9.17) is 5.73 Å². The molecule has 0 saturated heterocycles. The number of fused-ring (bicyclic) bond motifs is 1. The first kappa shape index (κ1) is 43.6. The number of amides is 3. The van der Waals surface area contributed by atoms with E-state index in [9.17, 15) is 34.5 Å². The minimum absolute atomic E-state index is 0.0294. The quantitative estimate of drug-likeness (QED) is 0.0452. The van der Waals surface area contributed by atoms with Crippen LogP contribution in [0.2, 0.25) is 0 Å². The van der Waals surface area contributed by atoms with Crippen LogP contribution in [0.15, 0.2) is 102 Å². The van der Waals surface area contributed by atoms with Crippen LogP contribution in [0, 0.1) is 0 Å². The van der Waals surface area contributed by atoms with Gasteiger partial charge in [0.25, 0.3) is 0 Å². The number of carbonyl (C=O) groups excluding carboxylic acids is 2. The zero-order valence-electron chi connectivity index (χ0n) is 34.1. The number of phenolic OH excluding ortho intramolecular Hbond substituents is 1. The van der Waals surface area contributed by atoms with Gasteiger partial charge in [0.05, 0.1) is 17.3 Å². The van der Waals surface area contributed by atoms with Gasteiger partial charge in [-0.1, -0.05) is 60.7 Å². The molecule has 1 aromatic heterocycles. The Morgan fingerprint density at radius 1 is 0.867 bits per heavy atom. The molecule has 316 valence electrons. The molecule has 4 aromatic carbocycles. The first-order valence-corrected chi connectivity index (χ1v) is 20.8. The number of hydrogen-bond donors (Lipinski definition) is 7. The van der Waals surface area contributed by atoms with Crippen LogP contribution >= 0.6 is 0 Å². The molecule has 0 unspecified atom stereocenters. The lowest BCUT2D eigenvalue weighted by Gasteiger charge is -2.35. The minimum atomic E-state index is -0.975. The smallest absolute Gasteiger partial charge is 0.412 e. The van der Waals surface area contributed by atoms with E-state index in [0.29, 0.717) is 73.9 Å². The van der Waals surface area contributed by atoms with Gasteiger partial charge in [0.1, 0.15) is 5.75 Å². The normalized spacial score (nSPS) is 15.7. The Balaban J connectivity index is 0.905. The molecule has 13 heteroatoms. The number of phenols is 1. The number of anilines is 2. The Kier molecular flexibility index (Phi) is 15.1. The number of aliphatic hydroxyl groups excluding tert-OH is 1. The van der Waals surface area contributed by atoms with Crippen LogP contribution in [0.4, 0.5) is 16.2 Å². The number of aromatic amines is 1. The second kappa shape index (κ2) is 20.8. The number of carboxylic acid groups (broad SMARTS) is 1. The molecule has 0 spiro atoms. The van der Waals surface area contributed by atoms with E-state index in [-0.39, 0.29) is 47.3 Å². The highest BCUT2D eigenvalue weighted by molar-refractivity contribution is 5.94. The lowest BCUT2D eigenvalue weighted by atomic mass is 9.89. The van der Waals surface area contributed by atoms with Gasteiger partial charge in [-0.3, -0.25) is 19.3 Å². The summed E-state index contributed by atoms with van der Waals surface area (Å²) < 4.78 is 0. The summed E-state index contributed by atoms with van der Waals surface area (Å²) in [4.78, 5) is 55.9. The molecule has 1 fully saturated rings. The first-order chi connectivity index (χ1) is 29.0. The molecule has 3 amide bonds. The van der Waals surface area contributed by atoms with Gasteiger partial charge in [0.15, 0.2) is 0 Å². The summed E-state index contributed by atoms with van der Waals surface area (Å²) in [7, 11) is 1.78. The number of H-pyrrole nitrogens is 1. The number of aliphatic hydroxyl groups is 1. The molecule has 6 rings (SSSR count). The first-order valence-electron chi connectivity index (χ1n) is 20.8. The zero-order chi connectivity index (χ0) is 42.6. The van der Waals surface area contributed by atoms with E-state index in [1.54, 1.807) is 24.1 Å². The van der Waals surface area contributed by atoms with Crippen molar-refractivity contribution in [1.82, 2.24) is 15.2 Å². The molecule has 1 atom stereocenters. The number of rotatable bonds is 18. The van der Waals surface area contributed by atoms with Crippen molar-refractivity contribution in [2.45, 2.75) is 88.9 Å². The number of nitrogens with one attached hydrogen (secondary N) is 3. The second-order valence-electron chi connectivity index (χ2n) is 15.7. The summed E-state index contributed by atoms with van der Waals surface area (Å²) in [5, 5.41) is 38.0. The fourth-order valence-electron chi connectivity index (χ4n) is 7.95. The average molecular weight is 817 g/mol. The van der Waals surface area contributed by atoms with Crippen LogP contribution in [0.5, 0.6) is 5.75 Å². The Morgan fingerprint density at radius 3 is 2.33 bits per heavy atom. The Bertz CT molecular complexity index is 2290. The monoisotopic (exact) mass is 816 g/mol. The van der Waals surface area contributed by atoms with E-state index in [0.717, 1.165) is 47.9 Å². The van der Waals surface area contributed by atoms with Gasteiger partial charge in [0, 0.05) is 74.3 Å². The number of benzene rings is 4. The van der Waals surface area contributed by atoms with Crippen LogP contribution in [0.25, 0.3) is 22.0 Å². The van der Waals surface area contributed by atoms with Crippen LogP contribution in [-0.4, -0.2) is 75.3 Å². The van der Waals surface area contributed by atoms with Gasteiger partial charge in [-0.2, -0.15) is 0 Å². The van der Waals surface area contributed by atoms with E-state index in [1.165, 1.54) is 17.0 Å². The summed E-state index contributed by atoms with van der Waals surface area (Å²) in [5.41, 5.74) is 11.8. The topological polar surface area (TPSA) is 201 Å². The van der Waals surface area contributed by atoms with Crippen LogP contribution in [0.3, 0.4) is 0 Å². The third kappa shape index (κ3) is 11.6. The molecule has 0 radical (unpaired) electrons. The molecule has 1 aliphatic carbocycles. The summed E-state index contributed by atoms with van der Waals surface area (Å²) in [6.07, 6.45) is 4.43. The predicted molar refractivity (Wildman–Crippen MR) is 235 cm³/mol. The molecule has 1 heterocycles. The number of aryl methyl sites for hydroxylation is 1. The van der Waals surface area contributed by atoms with Gasteiger partial charge >= 0.3 is 6.09 Å². The van der Waals surface area contributed by atoms with Crippen LogP contribution in [-0.2, 0) is 22.6 Å². The SMILES string of the molecule is CN(CCCCC(=O)Nc1ccc(CNC[C@H](O)c2ccc(O)c3[nH]c(=O)ccc23)cc1)C(=O)CCCc1ccc(-c2ccccc2)c(N(C(=O)O)[C@H]2CC[C@H](N)CC2)c1. The van der Waals surface area contributed by atoms with Crippen molar-refractivity contribution in [1.29, 1.82) is 0 Å². The van der Waals surface area contributed by atoms with Crippen molar-refractivity contribution < 1.29 is 29.7 Å². The van der Waals surface area contributed by atoms with Crippen molar-refractivity contribution >= 4 is 40.2 Å². The van der Waals surface area contributed by atoms with Crippen LogP contribution < -0.4 is 26.8 Å². The highest BCUT2D eigenvalue weighted by atomic mass is 16.4. The summed E-state index contributed by atoms with van der Waals surface area (Å²) in [5.74, 6) is -0.137. The average Bonchev–Trinajstić information content (AvgIpc) is 3.24. The molecular weight excluding hydrogens is 761 g/mol. The second-order valence-corrected chi connectivity index (χ2v) is 15.7. The largest absolute Gasteiger partial charge is 0.506 e. The van der Waals surface area contributed by atoms with Crippen molar-refractivity contribution in [3.8, 4) is 16.9 Å². The predicted octanol–water partition coefficient (Wildman–Crippen LogP) is 7.07. The van der Waals surface area contributed by atoms with Crippen molar-refractivity contribution in [3.63, 3.8) is 0 Å². The highest BCUT2D eigenvalue weighted by Gasteiger charge is 2.31. The highest BCUT2D eigenvalue weighted by Crippen LogP contribution is 2.36. The molecule has 0 aliphatic heterocycles. The van der Waals surface area contributed by atoms with Crippen molar-refractivity contribution in [2.75, 3.05) is 30.4 Å². The van der Waals surface area contributed by atoms with E-state index in [2.05, 4.69) is 15.6 Å². The number of carbonyl (C=O) groups is 3. The maximum Gasteiger partial charge on any atom is 0.412 e. The third-order valence-corrected chi connectivity index (χ3v) is 11.3. The maximum atomic E-state index is 13.0. The summed E-state index contributed by atoms with van der Waals surface area (Å²) >= 11 is 0. The lowest BCUT2D eigenvalue weighted by Crippen LogP contribution is -2.44. The number of hydrogen-bond acceptors (Lipinski definition) is 8. The van der Waals surface area contributed by atoms with Gasteiger partial charge in [0.2, 0.25) is 17.4 Å². The third-order valence-electron chi connectivity index (χ3n) is 11.3. The standard InChI is InChI=1S/C47H56N6O7/c1-52(45(58)12-7-8-31-15-22-37(33-9-3-2-4-10-33)40(28-31)53(47(59)60)36-20-16-34(48)17-21-36)27-6-5-11-43(56)50-35-18-13-32(14-19-35)29-49-30-42(55)38-23-25-41(54)46-39(38)24-26-44(57)51-46/h2-4,9-10,13-15,18-19,22-26,28,34,36,42,49,54-55H,5-8,11-12,16-17,20-21,27,29-30,48H2,1H3,(H,50,56)(H,51,57)(H,59,60)/t34-,36-,42-/m0/s1. The van der Waals surface area contributed by atoms with Gasteiger partial charge in [-0.25, -0.2) is 4.79 Å². The molecular formula is C47H56N6O7. The number of unbranched alkanes of at least 4 members (excludes halogenated alkanes) is 1. The number of pyridine rings is 1. The molecule has 60 heavy (non-hydrogen) atoms. The van der Waals surface area contributed by atoms with Crippen LogP contribution in [0.1, 0.15) is 80.6 Å².